The Bertz CT molecular complexity index is 1150. The van der Waals surface area contributed by atoms with Crippen LogP contribution >= 0.6 is 0 Å². The fourth-order valence-electron chi connectivity index (χ4n) is 4.72. The van der Waals surface area contributed by atoms with Gasteiger partial charge in [0.05, 0.1) is 25.5 Å². The van der Waals surface area contributed by atoms with E-state index in [2.05, 4.69) is 61.1 Å². The molecule has 0 saturated heterocycles. The van der Waals surface area contributed by atoms with Crippen LogP contribution in [0.2, 0.25) is 0 Å². The molecule has 1 atom stereocenters. The quantitative estimate of drug-likeness (QED) is 0.474. The largest absolute Gasteiger partial charge is 0.493 e. The minimum atomic E-state index is -0.142. The second kappa shape index (κ2) is 10.7. The first-order chi connectivity index (χ1) is 16.5. The standard InChI is InChI=1S/C28H33N3O3/c1-5-6-27(32)31-13-9-21-16-25(33-4)26(34-14-10-22-18-29-11-12-30-22)17-24(21)28(31)23-8-7-19(2)15-20(23)3/h7-8,11-12,15-18,28H,5-6,9-10,13-14H2,1-4H3. The molecule has 1 aromatic heterocycles. The first-order valence-electron chi connectivity index (χ1n) is 12.0. The fourth-order valence-corrected chi connectivity index (χ4v) is 4.72. The molecule has 1 unspecified atom stereocenters. The van der Waals surface area contributed by atoms with Gasteiger partial charge in [0.2, 0.25) is 5.91 Å². The zero-order valence-electron chi connectivity index (χ0n) is 20.5. The number of hydrogen-bond donors (Lipinski definition) is 0. The van der Waals surface area contributed by atoms with Crippen LogP contribution in [-0.4, -0.2) is 41.0 Å². The number of carbonyl (C=O) groups is 1. The molecule has 6 nitrogen and oxygen atoms in total. The Labute approximate surface area is 202 Å². The Balaban J connectivity index is 1.72. The molecule has 0 saturated carbocycles. The molecule has 0 spiro atoms. The van der Waals surface area contributed by atoms with Crippen LogP contribution in [0.15, 0.2) is 48.9 Å². The highest BCUT2D eigenvalue weighted by molar-refractivity contribution is 5.78. The number of aryl methyl sites for hydroxylation is 2. The van der Waals surface area contributed by atoms with E-state index in [9.17, 15) is 4.79 Å². The van der Waals surface area contributed by atoms with Crippen LogP contribution in [0.5, 0.6) is 11.5 Å². The highest BCUT2D eigenvalue weighted by atomic mass is 16.5. The lowest BCUT2D eigenvalue weighted by atomic mass is 9.85. The topological polar surface area (TPSA) is 64.6 Å². The van der Waals surface area contributed by atoms with Crippen molar-refractivity contribution in [1.82, 2.24) is 14.9 Å². The average molecular weight is 460 g/mol. The molecule has 34 heavy (non-hydrogen) atoms. The van der Waals surface area contributed by atoms with Gasteiger partial charge in [0, 0.05) is 38.0 Å². The molecule has 178 valence electrons. The Morgan fingerprint density at radius 2 is 1.97 bits per heavy atom. The van der Waals surface area contributed by atoms with Gasteiger partial charge in [-0.3, -0.25) is 14.8 Å². The van der Waals surface area contributed by atoms with Crippen LogP contribution < -0.4 is 9.47 Å². The van der Waals surface area contributed by atoms with Crippen LogP contribution in [-0.2, 0) is 17.6 Å². The van der Waals surface area contributed by atoms with E-state index in [1.54, 1.807) is 25.7 Å². The summed E-state index contributed by atoms with van der Waals surface area (Å²) in [7, 11) is 1.67. The summed E-state index contributed by atoms with van der Waals surface area (Å²) in [4.78, 5) is 23.6. The van der Waals surface area contributed by atoms with E-state index in [1.807, 2.05) is 4.90 Å². The van der Waals surface area contributed by atoms with Gasteiger partial charge in [-0.1, -0.05) is 30.7 Å². The van der Waals surface area contributed by atoms with E-state index in [4.69, 9.17) is 9.47 Å². The maximum atomic E-state index is 13.2. The van der Waals surface area contributed by atoms with Crippen molar-refractivity contribution in [2.24, 2.45) is 0 Å². The van der Waals surface area contributed by atoms with Gasteiger partial charge in [0.25, 0.3) is 0 Å². The molecule has 4 rings (SSSR count). The molecule has 0 bridgehead atoms. The van der Waals surface area contributed by atoms with Crippen molar-refractivity contribution in [1.29, 1.82) is 0 Å². The molecule has 0 radical (unpaired) electrons. The van der Waals surface area contributed by atoms with E-state index in [0.717, 1.165) is 29.7 Å². The molecular weight excluding hydrogens is 426 g/mol. The first kappa shape index (κ1) is 23.7. The summed E-state index contributed by atoms with van der Waals surface area (Å²) in [5, 5.41) is 0. The van der Waals surface area contributed by atoms with Crippen molar-refractivity contribution in [3.05, 3.63) is 82.4 Å². The van der Waals surface area contributed by atoms with E-state index in [0.29, 0.717) is 37.5 Å². The molecule has 3 aromatic rings. The third kappa shape index (κ3) is 5.06. The summed E-state index contributed by atoms with van der Waals surface area (Å²) >= 11 is 0. The third-order valence-electron chi connectivity index (χ3n) is 6.39. The SMILES string of the molecule is CCCC(=O)N1CCc2cc(OC)c(OCCc3cnccn3)cc2C1c1ccc(C)cc1C. The molecule has 2 aromatic carbocycles. The third-order valence-corrected chi connectivity index (χ3v) is 6.39. The van der Waals surface area contributed by atoms with Crippen LogP contribution in [0, 0.1) is 13.8 Å². The molecule has 1 aliphatic rings. The lowest BCUT2D eigenvalue weighted by Gasteiger charge is -2.39. The van der Waals surface area contributed by atoms with Gasteiger partial charge in [-0.05, 0) is 61.1 Å². The number of ether oxygens (including phenoxy) is 2. The van der Waals surface area contributed by atoms with Gasteiger partial charge in [-0.2, -0.15) is 0 Å². The van der Waals surface area contributed by atoms with Crippen molar-refractivity contribution in [2.75, 3.05) is 20.3 Å². The Kier molecular flexibility index (Phi) is 7.46. The highest BCUT2D eigenvalue weighted by Gasteiger charge is 2.33. The Morgan fingerprint density at radius 3 is 2.68 bits per heavy atom. The normalized spacial score (nSPS) is 15.1. The van der Waals surface area contributed by atoms with Crippen LogP contribution in [0.4, 0.5) is 0 Å². The maximum Gasteiger partial charge on any atom is 0.223 e. The number of fused-ring (bicyclic) bond motifs is 1. The summed E-state index contributed by atoms with van der Waals surface area (Å²) in [6.07, 6.45) is 7.93. The lowest BCUT2D eigenvalue weighted by molar-refractivity contribution is -0.133. The molecule has 1 amide bonds. The van der Waals surface area contributed by atoms with Crippen molar-refractivity contribution in [3.8, 4) is 11.5 Å². The number of amides is 1. The predicted molar refractivity (Wildman–Crippen MR) is 132 cm³/mol. The van der Waals surface area contributed by atoms with Crippen LogP contribution in [0.1, 0.15) is 59.3 Å². The summed E-state index contributed by atoms with van der Waals surface area (Å²) < 4.78 is 11.9. The second-order valence-electron chi connectivity index (χ2n) is 8.85. The highest BCUT2D eigenvalue weighted by Crippen LogP contribution is 2.42. The van der Waals surface area contributed by atoms with Gasteiger partial charge >= 0.3 is 0 Å². The smallest absolute Gasteiger partial charge is 0.223 e. The van der Waals surface area contributed by atoms with Crippen molar-refractivity contribution < 1.29 is 14.3 Å². The molecule has 6 heteroatoms. The fraction of sp³-hybridized carbons (Fsp3) is 0.393. The first-order valence-corrected chi connectivity index (χ1v) is 12.0. The van der Waals surface area contributed by atoms with E-state index >= 15 is 0 Å². The molecular formula is C28H33N3O3. The number of benzene rings is 2. The number of rotatable bonds is 8. The molecule has 0 fully saturated rings. The molecule has 0 aliphatic carbocycles. The summed E-state index contributed by atoms with van der Waals surface area (Å²) in [6.45, 7) is 7.43. The van der Waals surface area contributed by atoms with Gasteiger partial charge < -0.3 is 14.4 Å². The average Bonchev–Trinajstić information content (AvgIpc) is 2.84. The Morgan fingerprint density at radius 1 is 1.12 bits per heavy atom. The monoisotopic (exact) mass is 459 g/mol. The lowest BCUT2D eigenvalue weighted by Crippen LogP contribution is -2.40. The predicted octanol–water partition coefficient (Wildman–Crippen LogP) is 5.00. The van der Waals surface area contributed by atoms with Crippen LogP contribution in [0.25, 0.3) is 0 Å². The summed E-state index contributed by atoms with van der Waals surface area (Å²) in [5.41, 5.74) is 6.75. The van der Waals surface area contributed by atoms with Gasteiger partial charge in [0.15, 0.2) is 11.5 Å². The second-order valence-corrected chi connectivity index (χ2v) is 8.85. The van der Waals surface area contributed by atoms with Crippen molar-refractivity contribution >= 4 is 5.91 Å². The summed E-state index contributed by atoms with van der Waals surface area (Å²) in [5.74, 6) is 1.59. The Hall–Kier alpha value is -3.41. The van der Waals surface area contributed by atoms with Crippen molar-refractivity contribution in [2.45, 2.75) is 52.5 Å². The van der Waals surface area contributed by atoms with Gasteiger partial charge in [-0.25, -0.2) is 0 Å². The number of aromatic nitrogens is 2. The van der Waals surface area contributed by atoms with Crippen molar-refractivity contribution in [3.63, 3.8) is 0 Å². The number of hydrogen-bond acceptors (Lipinski definition) is 5. The zero-order chi connectivity index (χ0) is 24.1. The molecule has 1 aliphatic heterocycles. The van der Waals surface area contributed by atoms with E-state index in [1.165, 1.54) is 16.7 Å². The van der Waals surface area contributed by atoms with Gasteiger partial charge in [0.1, 0.15) is 0 Å². The van der Waals surface area contributed by atoms with Crippen LogP contribution in [0.3, 0.4) is 0 Å². The minimum absolute atomic E-state index is 0.142. The number of carbonyl (C=O) groups excluding carboxylic acids is 1. The number of nitrogens with zero attached hydrogens (tertiary/aromatic N) is 3. The number of methoxy groups -OCH3 is 1. The molecule has 0 N–H and O–H groups in total. The van der Waals surface area contributed by atoms with Gasteiger partial charge in [-0.15, -0.1) is 0 Å². The summed E-state index contributed by atoms with van der Waals surface area (Å²) in [6, 6.07) is 10.5. The maximum absolute atomic E-state index is 13.2. The minimum Gasteiger partial charge on any atom is -0.493 e. The molecule has 2 heterocycles. The zero-order valence-corrected chi connectivity index (χ0v) is 20.5. The van der Waals surface area contributed by atoms with E-state index < -0.39 is 0 Å². The van der Waals surface area contributed by atoms with E-state index in [-0.39, 0.29) is 11.9 Å².